The molecule has 0 unspecified atom stereocenters. The number of hydrogen-bond donors (Lipinski definition) is 1. The first kappa shape index (κ1) is 15.9. The van der Waals surface area contributed by atoms with Crippen LogP contribution < -0.4 is 10.4 Å². The van der Waals surface area contributed by atoms with Gasteiger partial charge >= 0.3 is 0 Å². The van der Waals surface area contributed by atoms with Gasteiger partial charge in [-0.25, -0.2) is 15.0 Å². The van der Waals surface area contributed by atoms with Crippen molar-refractivity contribution in [2.24, 2.45) is 0 Å². The predicted molar refractivity (Wildman–Crippen MR) is 89.4 cm³/mol. The fourth-order valence-electron chi connectivity index (χ4n) is 2.30. The van der Waals surface area contributed by atoms with Crippen molar-refractivity contribution in [1.82, 2.24) is 15.3 Å². The lowest BCUT2D eigenvalue weighted by Gasteiger charge is -2.26. The monoisotopic (exact) mass is 332 g/mol. The summed E-state index contributed by atoms with van der Waals surface area (Å²) in [4.78, 5) is 26.5. The molecule has 7 heteroatoms. The second kappa shape index (κ2) is 7.52. The van der Waals surface area contributed by atoms with Crippen LogP contribution in [-0.2, 0) is 17.8 Å². The standard InChI is InChI=1S/C16H20N4O2S/c1-2-13-11-23-15(19-13)10-18-16(21)12-5-6-14(17-9-12)20-7-3-4-8-22-20/h5-6,9,11H,2-4,7-8,10H2,1H3,(H,18,21). The molecule has 0 aliphatic carbocycles. The molecule has 0 bridgehead atoms. The molecule has 0 atom stereocenters. The number of hydrogen-bond acceptors (Lipinski definition) is 6. The van der Waals surface area contributed by atoms with Crippen molar-refractivity contribution >= 4 is 23.1 Å². The minimum atomic E-state index is -0.142. The molecule has 122 valence electrons. The van der Waals surface area contributed by atoms with Gasteiger partial charge in [-0.3, -0.25) is 9.63 Å². The van der Waals surface area contributed by atoms with Gasteiger partial charge in [0, 0.05) is 18.1 Å². The molecule has 1 aliphatic rings. The summed E-state index contributed by atoms with van der Waals surface area (Å²) < 4.78 is 0. The largest absolute Gasteiger partial charge is 0.345 e. The number of carbonyl (C=O) groups is 1. The van der Waals surface area contributed by atoms with Crippen molar-refractivity contribution in [3.63, 3.8) is 0 Å². The summed E-state index contributed by atoms with van der Waals surface area (Å²) in [5.74, 6) is 0.602. The Morgan fingerprint density at radius 1 is 1.43 bits per heavy atom. The lowest BCUT2D eigenvalue weighted by Crippen LogP contribution is -2.30. The number of nitrogens with one attached hydrogen (secondary N) is 1. The van der Waals surface area contributed by atoms with Crippen LogP contribution in [-0.4, -0.2) is 29.0 Å². The van der Waals surface area contributed by atoms with Crippen LogP contribution in [0.15, 0.2) is 23.7 Å². The van der Waals surface area contributed by atoms with Crippen molar-refractivity contribution in [1.29, 1.82) is 0 Å². The molecule has 3 heterocycles. The molecule has 0 aromatic carbocycles. The molecule has 1 amide bonds. The highest BCUT2D eigenvalue weighted by atomic mass is 32.1. The molecule has 6 nitrogen and oxygen atoms in total. The maximum atomic E-state index is 12.2. The Labute approximate surface area is 139 Å². The van der Waals surface area contributed by atoms with E-state index in [1.807, 2.05) is 11.4 Å². The van der Waals surface area contributed by atoms with Gasteiger partial charge < -0.3 is 5.32 Å². The zero-order chi connectivity index (χ0) is 16.1. The SMILES string of the molecule is CCc1csc(CNC(=O)c2ccc(N3CCCCO3)nc2)n1. The van der Waals surface area contributed by atoms with Crippen LogP contribution in [0.4, 0.5) is 5.82 Å². The van der Waals surface area contributed by atoms with E-state index < -0.39 is 0 Å². The number of pyridine rings is 1. The first-order chi connectivity index (χ1) is 11.3. The van der Waals surface area contributed by atoms with Crippen molar-refractivity contribution in [3.8, 4) is 0 Å². The summed E-state index contributed by atoms with van der Waals surface area (Å²) in [7, 11) is 0. The van der Waals surface area contributed by atoms with E-state index in [-0.39, 0.29) is 5.91 Å². The summed E-state index contributed by atoms with van der Waals surface area (Å²) in [5.41, 5.74) is 1.60. The number of thiazole rings is 1. The Balaban J connectivity index is 1.56. The van der Waals surface area contributed by atoms with Crippen molar-refractivity contribution in [3.05, 3.63) is 40.0 Å². The topological polar surface area (TPSA) is 67.4 Å². The van der Waals surface area contributed by atoms with Crippen LogP contribution >= 0.6 is 11.3 Å². The van der Waals surface area contributed by atoms with Gasteiger partial charge in [0.25, 0.3) is 5.91 Å². The molecule has 23 heavy (non-hydrogen) atoms. The Bertz CT molecular complexity index is 650. The van der Waals surface area contributed by atoms with Gasteiger partial charge in [0.15, 0.2) is 5.82 Å². The maximum Gasteiger partial charge on any atom is 0.253 e. The van der Waals surface area contributed by atoms with Crippen LogP contribution in [0.5, 0.6) is 0 Å². The smallest absolute Gasteiger partial charge is 0.253 e. The molecule has 0 spiro atoms. The third kappa shape index (κ3) is 4.05. The van der Waals surface area contributed by atoms with Gasteiger partial charge in [0.2, 0.25) is 0 Å². The minimum absolute atomic E-state index is 0.142. The van der Waals surface area contributed by atoms with Gasteiger partial charge in [-0.05, 0) is 31.4 Å². The summed E-state index contributed by atoms with van der Waals surface area (Å²) in [6.07, 6.45) is 4.67. The molecule has 1 saturated heterocycles. The van der Waals surface area contributed by atoms with Crippen molar-refractivity contribution in [2.75, 3.05) is 18.2 Å². The fourth-order valence-corrected chi connectivity index (χ4v) is 3.11. The minimum Gasteiger partial charge on any atom is -0.345 e. The third-order valence-corrected chi connectivity index (χ3v) is 4.53. The van der Waals surface area contributed by atoms with E-state index in [4.69, 9.17) is 4.84 Å². The normalized spacial score (nSPS) is 14.7. The average Bonchev–Trinajstić information content (AvgIpc) is 3.09. The van der Waals surface area contributed by atoms with Crippen molar-refractivity contribution < 1.29 is 9.63 Å². The summed E-state index contributed by atoms with van der Waals surface area (Å²) in [6.45, 7) is 4.07. The van der Waals surface area contributed by atoms with Crippen LogP contribution in [0, 0.1) is 0 Å². The van der Waals surface area contributed by atoms with Crippen LogP contribution in [0.25, 0.3) is 0 Å². The van der Waals surface area contributed by atoms with Gasteiger partial charge in [-0.2, -0.15) is 0 Å². The summed E-state index contributed by atoms with van der Waals surface area (Å²) >= 11 is 1.57. The number of anilines is 1. The Morgan fingerprint density at radius 3 is 3.00 bits per heavy atom. The molecule has 0 radical (unpaired) electrons. The predicted octanol–water partition coefficient (Wildman–Crippen LogP) is 2.56. The van der Waals surface area contributed by atoms with Crippen LogP contribution in [0.2, 0.25) is 0 Å². The fraction of sp³-hybridized carbons (Fsp3) is 0.438. The number of amides is 1. The first-order valence-corrected chi connectivity index (χ1v) is 8.72. The third-order valence-electron chi connectivity index (χ3n) is 3.63. The molecular weight excluding hydrogens is 312 g/mol. The molecule has 2 aromatic rings. The van der Waals surface area contributed by atoms with Crippen molar-refractivity contribution in [2.45, 2.75) is 32.7 Å². The molecule has 1 aliphatic heterocycles. The highest BCUT2D eigenvalue weighted by Crippen LogP contribution is 2.16. The maximum absolute atomic E-state index is 12.2. The van der Waals surface area contributed by atoms with E-state index >= 15 is 0 Å². The molecule has 3 rings (SSSR count). The van der Waals surface area contributed by atoms with Gasteiger partial charge in [0.05, 0.1) is 24.4 Å². The van der Waals surface area contributed by atoms with E-state index in [2.05, 4.69) is 22.2 Å². The molecule has 1 fully saturated rings. The zero-order valence-electron chi connectivity index (χ0n) is 13.1. The van der Waals surface area contributed by atoms with Gasteiger partial charge in [0.1, 0.15) is 5.01 Å². The van der Waals surface area contributed by atoms with Crippen LogP contribution in [0.1, 0.15) is 40.8 Å². The van der Waals surface area contributed by atoms with E-state index in [0.29, 0.717) is 12.1 Å². The number of aromatic nitrogens is 2. The van der Waals surface area contributed by atoms with Gasteiger partial charge in [-0.1, -0.05) is 6.92 Å². The highest BCUT2D eigenvalue weighted by molar-refractivity contribution is 7.09. The van der Waals surface area contributed by atoms with E-state index in [1.165, 1.54) is 0 Å². The second-order valence-corrected chi connectivity index (χ2v) is 6.26. The number of carbonyl (C=O) groups excluding carboxylic acids is 1. The lowest BCUT2D eigenvalue weighted by molar-refractivity contribution is 0.0761. The Morgan fingerprint density at radius 2 is 2.35 bits per heavy atom. The van der Waals surface area contributed by atoms with E-state index in [0.717, 1.165) is 48.9 Å². The zero-order valence-corrected chi connectivity index (χ0v) is 13.9. The van der Waals surface area contributed by atoms with Crippen LogP contribution in [0.3, 0.4) is 0 Å². The average molecular weight is 332 g/mol. The number of aryl methyl sites for hydroxylation is 1. The molecule has 2 aromatic heterocycles. The summed E-state index contributed by atoms with van der Waals surface area (Å²) in [5, 5.41) is 7.60. The number of hydroxylamine groups is 1. The van der Waals surface area contributed by atoms with E-state index in [1.54, 1.807) is 28.7 Å². The molecule has 1 N–H and O–H groups in total. The number of nitrogens with zero attached hydrogens (tertiary/aromatic N) is 3. The lowest BCUT2D eigenvalue weighted by atomic mass is 10.2. The highest BCUT2D eigenvalue weighted by Gasteiger charge is 2.14. The number of rotatable bonds is 5. The summed E-state index contributed by atoms with van der Waals surface area (Å²) in [6, 6.07) is 3.59. The second-order valence-electron chi connectivity index (χ2n) is 5.32. The molecule has 0 saturated carbocycles. The molecular formula is C16H20N4O2S. The quantitative estimate of drug-likeness (QED) is 0.911. The first-order valence-electron chi connectivity index (χ1n) is 7.84. The van der Waals surface area contributed by atoms with Gasteiger partial charge in [-0.15, -0.1) is 11.3 Å². The van der Waals surface area contributed by atoms with E-state index in [9.17, 15) is 4.79 Å². The Hall–Kier alpha value is -1.99. The Kier molecular flexibility index (Phi) is 5.19.